The molecule has 0 amide bonds. The number of hydrogen-bond acceptors (Lipinski definition) is 3. The molecule has 0 aromatic carbocycles. The van der Waals surface area contributed by atoms with Crippen LogP contribution in [-0.2, 0) is 4.74 Å². The van der Waals surface area contributed by atoms with Crippen LogP contribution < -0.4 is 5.73 Å². The van der Waals surface area contributed by atoms with Crippen molar-refractivity contribution < 1.29 is 4.74 Å². The Balaban J connectivity index is 2.16. The van der Waals surface area contributed by atoms with Gasteiger partial charge in [0.1, 0.15) is 5.65 Å². The molecule has 0 unspecified atom stereocenters. The van der Waals surface area contributed by atoms with E-state index in [1.165, 1.54) is 0 Å². The van der Waals surface area contributed by atoms with Crippen LogP contribution in [0.15, 0.2) is 24.5 Å². The summed E-state index contributed by atoms with van der Waals surface area (Å²) in [7, 11) is 0. The van der Waals surface area contributed by atoms with Gasteiger partial charge < -0.3 is 15.0 Å². The number of pyridine rings is 1. The monoisotopic (exact) mass is 189 g/mol. The first kappa shape index (κ1) is 7.82. The molecule has 1 saturated heterocycles. The molecule has 0 bridgehead atoms. The first-order chi connectivity index (χ1) is 6.84. The molecule has 0 aliphatic carbocycles. The third-order valence-corrected chi connectivity index (χ3v) is 2.59. The lowest BCUT2D eigenvalue weighted by Gasteiger charge is -2.27. The fourth-order valence-electron chi connectivity index (χ4n) is 1.74. The largest absolute Gasteiger partial charge is 0.397 e. The highest BCUT2D eigenvalue weighted by atomic mass is 16.5. The van der Waals surface area contributed by atoms with Crippen molar-refractivity contribution in [1.82, 2.24) is 9.55 Å². The number of nitrogens with two attached hydrogens (primary N) is 1. The second kappa shape index (κ2) is 2.72. The number of nitrogen functional groups attached to an aromatic ring is 1. The zero-order valence-electron chi connectivity index (χ0n) is 7.68. The maximum absolute atomic E-state index is 5.66. The highest BCUT2D eigenvalue weighted by molar-refractivity contribution is 5.79. The molecular weight excluding hydrogens is 178 g/mol. The van der Waals surface area contributed by atoms with Crippen molar-refractivity contribution in [3.05, 3.63) is 24.5 Å². The van der Waals surface area contributed by atoms with Crippen LogP contribution in [0.4, 0.5) is 5.69 Å². The van der Waals surface area contributed by atoms with Crippen molar-refractivity contribution in [3.63, 3.8) is 0 Å². The minimum atomic E-state index is 0.448. The van der Waals surface area contributed by atoms with Crippen LogP contribution in [0.3, 0.4) is 0 Å². The Kier molecular flexibility index (Phi) is 1.52. The number of rotatable bonds is 1. The van der Waals surface area contributed by atoms with E-state index in [1.807, 2.05) is 18.3 Å². The minimum absolute atomic E-state index is 0.448. The van der Waals surface area contributed by atoms with Crippen LogP contribution in [0.2, 0.25) is 0 Å². The van der Waals surface area contributed by atoms with Crippen molar-refractivity contribution in [2.24, 2.45) is 0 Å². The third kappa shape index (κ3) is 1.01. The van der Waals surface area contributed by atoms with Crippen LogP contribution in [0, 0.1) is 0 Å². The van der Waals surface area contributed by atoms with Crippen molar-refractivity contribution in [2.75, 3.05) is 18.9 Å². The number of fused-ring (bicyclic) bond motifs is 1. The van der Waals surface area contributed by atoms with E-state index in [4.69, 9.17) is 10.5 Å². The first-order valence-electron chi connectivity index (χ1n) is 4.64. The summed E-state index contributed by atoms with van der Waals surface area (Å²) >= 11 is 0. The van der Waals surface area contributed by atoms with Gasteiger partial charge in [-0.05, 0) is 12.1 Å². The van der Waals surface area contributed by atoms with E-state index < -0.39 is 0 Å². The third-order valence-electron chi connectivity index (χ3n) is 2.59. The predicted octanol–water partition coefficient (Wildman–Crippen LogP) is 1.19. The van der Waals surface area contributed by atoms with Gasteiger partial charge in [-0.3, -0.25) is 0 Å². The molecule has 14 heavy (non-hydrogen) atoms. The van der Waals surface area contributed by atoms with E-state index in [1.54, 1.807) is 6.20 Å². The Hall–Kier alpha value is -1.55. The Morgan fingerprint density at radius 3 is 3.07 bits per heavy atom. The zero-order chi connectivity index (χ0) is 9.54. The standard InChI is InChI=1S/C10H11N3O/c11-8-3-7-1-2-13(9-5-14-6-9)10(7)12-4-8/h1-4,9H,5-6,11H2. The smallest absolute Gasteiger partial charge is 0.140 e. The first-order valence-corrected chi connectivity index (χ1v) is 4.64. The Labute approximate surface area is 81.3 Å². The quantitative estimate of drug-likeness (QED) is 0.733. The molecule has 1 aliphatic rings. The summed E-state index contributed by atoms with van der Waals surface area (Å²) in [5, 5.41) is 1.09. The zero-order valence-corrected chi connectivity index (χ0v) is 7.68. The molecule has 0 atom stereocenters. The second-order valence-corrected chi connectivity index (χ2v) is 3.60. The van der Waals surface area contributed by atoms with E-state index in [-0.39, 0.29) is 0 Å². The van der Waals surface area contributed by atoms with Crippen LogP contribution in [-0.4, -0.2) is 22.8 Å². The lowest BCUT2D eigenvalue weighted by atomic mass is 10.2. The molecule has 1 fully saturated rings. The van der Waals surface area contributed by atoms with Crippen molar-refractivity contribution >= 4 is 16.7 Å². The van der Waals surface area contributed by atoms with Gasteiger partial charge >= 0.3 is 0 Å². The minimum Gasteiger partial charge on any atom is -0.397 e. The van der Waals surface area contributed by atoms with Gasteiger partial charge in [0.25, 0.3) is 0 Å². The van der Waals surface area contributed by atoms with Crippen LogP contribution in [0.5, 0.6) is 0 Å². The predicted molar refractivity (Wildman–Crippen MR) is 54.0 cm³/mol. The molecule has 0 saturated carbocycles. The molecular formula is C10H11N3O. The molecule has 3 rings (SSSR count). The van der Waals surface area contributed by atoms with E-state index in [0.717, 1.165) is 24.2 Å². The fraction of sp³-hybridized carbons (Fsp3) is 0.300. The van der Waals surface area contributed by atoms with Gasteiger partial charge in [0, 0.05) is 11.6 Å². The molecule has 2 aromatic rings. The maximum atomic E-state index is 5.66. The van der Waals surface area contributed by atoms with Gasteiger partial charge in [-0.2, -0.15) is 0 Å². The number of nitrogens with zero attached hydrogens (tertiary/aromatic N) is 2. The summed E-state index contributed by atoms with van der Waals surface area (Å²) in [6.07, 6.45) is 3.74. The molecule has 4 heteroatoms. The van der Waals surface area contributed by atoms with Gasteiger partial charge in [-0.15, -0.1) is 0 Å². The molecule has 4 nitrogen and oxygen atoms in total. The summed E-state index contributed by atoms with van der Waals surface area (Å²) in [5.74, 6) is 0. The Morgan fingerprint density at radius 2 is 2.36 bits per heavy atom. The van der Waals surface area contributed by atoms with Crippen molar-refractivity contribution in [3.8, 4) is 0 Å². The highest BCUT2D eigenvalue weighted by Crippen LogP contribution is 2.24. The summed E-state index contributed by atoms with van der Waals surface area (Å²) in [6, 6.07) is 4.43. The van der Waals surface area contributed by atoms with Crippen LogP contribution in [0.25, 0.3) is 11.0 Å². The number of ether oxygens (including phenoxy) is 1. The Morgan fingerprint density at radius 1 is 1.50 bits per heavy atom. The van der Waals surface area contributed by atoms with Crippen molar-refractivity contribution in [1.29, 1.82) is 0 Å². The maximum Gasteiger partial charge on any atom is 0.140 e. The van der Waals surface area contributed by atoms with Crippen LogP contribution >= 0.6 is 0 Å². The van der Waals surface area contributed by atoms with E-state index in [0.29, 0.717) is 11.7 Å². The second-order valence-electron chi connectivity index (χ2n) is 3.60. The number of anilines is 1. The molecule has 72 valence electrons. The highest BCUT2D eigenvalue weighted by Gasteiger charge is 2.21. The van der Waals surface area contributed by atoms with Gasteiger partial charge in [0.05, 0.1) is 31.1 Å². The van der Waals surface area contributed by atoms with Gasteiger partial charge in [0.15, 0.2) is 0 Å². The summed E-state index contributed by atoms with van der Waals surface area (Å²) in [4.78, 5) is 4.33. The molecule has 3 heterocycles. The Bertz CT molecular complexity index is 473. The normalized spacial score (nSPS) is 17.1. The summed E-state index contributed by atoms with van der Waals surface area (Å²) in [6.45, 7) is 1.58. The average molecular weight is 189 g/mol. The van der Waals surface area contributed by atoms with E-state index in [9.17, 15) is 0 Å². The average Bonchev–Trinajstić information content (AvgIpc) is 2.45. The van der Waals surface area contributed by atoms with E-state index >= 15 is 0 Å². The lowest BCUT2D eigenvalue weighted by molar-refractivity contribution is -0.0216. The van der Waals surface area contributed by atoms with Gasteiger partial charge in [0.2, 0.25) is 0 Å². The fourth-order valence-corrected chi connectivity index (χ4v) is 1.74. The van der Waals surface area contributed by atoms with Gasteiger partial charge in [-0.1, -0.05) is 0 Å². The molecule has 0 radical (unpaired) electrons. The van der Waals surface area contributed by atoms with Crippen LogP contribution in [0.1, 0.15) is 6.04 Å². The number of hydrogen-bond donors (Lipinski definition) is 1. The molecule has 2 N–H and O–H groups in total. The SMILES string of the molecule is Nc1cnc2c(ccn2C2COC2)c1. The van der Waals surface area contributed by atoms with Crippen molar-refractivity contribution in [2.45, 2.75) is 6.04 Å². The number of aromatic nitrogens is 2. The van der Waals surface area contributed by atoms with Gasteiger partial charge in [-0.25, -0.2) is 4.98 Å². The molecule has 0 spiro atoms. The van der Waals surface area contributed by atoms with E-state index in [2.05, 4.69) is 9.55 Å². The lowest BCUT2D eigenvalue weighted by Crippen LogP contribution is -2.30. The molecule has 1 aliphatic heterocycles. The topological polar surface area (TPSA) is 53.1 Å². The summed E-state index contributed by atoms with van der Waals surface area (Å²) < 4.78 is 7.31. The molecule has 2 aromatic heterocycles. The summed E-state index contributed by atoms with van der Waals surface area (Å²) in [5.41, 5.74) is 7.36.